The normalized spacial score (nSPS) is 15.3. The molecule has 1 aromatic rings. The fourth-order valence-corrected chi connectivity index (χ4v) is 2.08. The van der Waals surface area contributed by atoms with Gasteiger partial charge in [-0.2, -0.15) is 0 Å². The van der Waals surface area contributed by atoms with E-state index in [-0.39, 0.29) is 6.09 Å². The first-order chi connectivity index (χ1) is 8.90. The third kappa shape index (κ3) is 3.26. The lowest BCUT2D eigenvalue weighted by Crippen LogP contribution is -2.40. The lowest BCUT2D eigenvalue weighted by molar-refractivity contribution is 0.0220. The van der Waals surface area contributed by atoms with Crippen LogP contribution in [0.15, 0.2) is 4.52 Å². The van der Waals surface area contributed by atoms with Gasteiger partial charge in [-0.3, -0.25) is 0 Å². The Balaban J connectivity index is 2.04. The van der Waals surface area contributed by atoms with Crippen molar-refractivity contribution in [2.24, 2.45) is 0 Å². The summed E-state index contributed by atoms with van der Waals surface area (Å²) in [6, 6.07) is 0. The standard InChI is InChI=1S/C13H21N3O3/c1-13(2,3)18-12(17)16-6-5-9-10(8-16)15-19-11(9)7-14-4/h14H,5-8H2,1-4H3. The fourth-order valence-electron chi connectivity index (χ4n) is 2.08. The van der Waals surface area contributed by atoms with Crippen molar-refractivity contribution in [1.82, 2.24) is 15.4 Å². The molecule has 1 amide bonds. The molecule has 0 aliphatic carbocycles. The molecule has 0 saturated heterocycles. The average Bonchev–Trinajstić information content (AvgIpc) is 2.70. The summed E-state index contributed by atoms with van der Waals surface area (Å²) in [7, 11) is 1.87. The molecule has 0 spiro atoms. The summed E-state index contributed by atoms with van der Waals surface area (Å²) in [6.45, 7) is 7.34. The van der Waals surface area contributed by atoms with E-state index in [2.05, 4.69) is 10.5 Å². The highest BCUT2D eigenvalue weighted by atomic mass is 16.6. The van der Waals surface area contributed by atoms with Crippen molar-refractivity contribution in [3.63, 3.8) is 0 Å². The smallest absolute Gasteiger partial charge is 0.410 e. The van der Waals surface area contributed by atoms with Crippen LogP contribution in [0.5, 0.6) is 0 Å². The summed E-state index contributed by atoms with van der Waals surface area (Å²) < 4.78 is 10.7. The first-order valence-electron chi connectivity index (χ1n) is 6.49. The molecule has 0 fully saturated rings. The number of hydrogen-bond acceptors (Lipinski definition) is 5. The van der Waals surface area contributed by atoms with Gasteiger partial charge in [0.15, 0.2) is 5.76 Å². The van der Waals surface area contributed by atoms with E-state index in [0.717, 1.165) is 23.4 Å². The zero-order valence-corrected chi connectivity index (χ0v) is 11.9. The van der Waals surface area contributed by atoms with E-state index in [0.29, 0.717) is 19.6 Å². The van der Waals surface area contributed by atoms with Crippen molar-refractivity contribution < 1.29 is 14.1 Å². The molecule has 6 nitrogen and oxygen atoms in total. The average molecular weight is 267 g/mol. The van der Waals surface area contributed by atoms with Gasteiger partial charge in [-0.05, 0) is 34.2 Å². The van der Waals surface area contributed by atoms with E-state index in [4.69, 9.17) is 9.26 Å². The van der Waals surface area contributed by atoms with E-state index in [1.54, 1.807) is 4.90 Å². The maximum atomic E-state index is 12.0. The topological polar surface area (TPSA) is 67.6 Å². The summed E-state index contributed by atoms with van der Waals surface area (Å²) in [5.74, 6) is 0.862. The Hall–Kier alpha value is -1.56. The SMILES string of the molecule is CNCc1onc2c1CCN(C(=O)OC(C)(C)C)C2. The van der Waals surface area contributed by atoms with E-state index < -0.39 is 5.60 Å². The van der Waals surface area contributed by atoms with Crippen LogP contribution in [-0.2, 0) is 24.2 Å². The number of nitrogens with zero attached hydrogens (tertiary/aromatic N) is 2. The zero-order chi connectivity index (χ0) is 14.0. The predicted molar refractivity (Wildman–Crippen MR) is 69.6 cm³/mol. The fraction of sp³-hybridized carbons (Fsp3) is 0.692. The van der Waals surface area contributed by atoms with Crippen molar-refractivity contribution in [1.29, 1.82) is 0 Å². The number of fused-ring (bicyclic) bond motifs is 1. The van der Waals surface area contributed by atoms with Gasteiger partial charge >= 0.3 is 6.09 Å². The first kappa shape index (κ1) is 13.9. The molecule has 19 heavy (non-hydrogen) atoms. The van der Waals surface area contributed by atoms with E-state index in [1.807, 2.05) is 27.8 Å². The summed E-state index contributed by atoms with van der Waals surface area (Å²) >= 11 is 0. The predicted octanol–water partition coefficient (Wildman–Crippen LogP) is 1.69. The lowest BCUT2D eigenvalue weighted by atomic mass is 10.1. The van der Waals surface area contributed by atoms with Gasteiger partial charge in [-0.15, -0.1) is 0 Å². The Kier molecular flexibility index (Phi) is 3.80. The number of carbonyl (C=O) groups is 1. The summed E-state index contributed by atoms with van der Waals surface area (Å²) in [5, 5.41) is 7.09. The monoisotopic (exact) mass is 267 g/mol. The number of nitrogens with one attached hydrogen (secondary N) is 1. The molecule has 0 unspecified atom stereocenters. The number of carbonyl (C=O) groups excluding carboxylic acids is 1. The van der Waals surface area contributed by atoms with Gasteiger partial charge in [-0.25, -0.2) is 4.79 Å². The highest BCUT2D eigenvalue weighted by Crippen LogP contribution is 2.23. The number of amides is 1. The lowest BCUT2D eigenvalue weighted by Gasteiger charge is -2.29. The zero-order valence-electron chi connectivity index (χ0n) is 11.9. The Labute approximate surface area is 113 Å². The minimum atomic E-state index is -0.474. The largest absolute Gasteiger partial charge is 0.444 e. The molecule has 0 radical (unpaired) electrons. The van der Waals surface area contributed by atoms with Crippen molar-refractivity contribution >= 4 is 6.09 Å². The Morgan fingerprint density at radius 2 is 2.26 bits per heavy atom. The van der Waals surface area contributed by atoms with Gasteiger partial charge in [0.1, 0.15) is 11.3 Å². The van der Waals surface area contributed by atoms with Crippen LogP contribution in [-0.4, -0.2) is 35.3 Å². The van der Waals surface area contributed by atoms with Crippen LogP contribution >= 0.6 is 0 Å². The highest BCUT2D eigenvalue weighted by molar-refractivity contribution is 5.68. The van der Waals surface area contributed by atoms with Crippen molar-refractivity contribution in [3.05, 3.63) is 17.0 Å². The van der Waals surface area contributed by atoms with E-state index in [9.17, 15) is 4.79 Å². The Bertz CT molecular complexity index is 462. The number of aromatic nitrogens is 1. The van der Waals surface area contributed by atoms with Gasteiger partial charge in [0.25, 0.3) is 0 Å². The van der Waals surface area contributed by atoms with Gasteiger partial charge in [0.05, 0.1) is 13.1 Å². The molecule has 0 saturated carbocycles. The van der Waals surface area contributed by atoms with Crippen molar-refractivity contribution in [2.75, 3.05) is 13.6 Å². The first-order valence-corrected chi connectivity index (χ1v) is 6.49. The molecule has 106 valence electrons. The minimum absolute atomic E-state index is 0.295. The highest BCUT2D eigenvalue weighted by Gasteiger charge is 2.29. The second kappa shape index (κ2) is 5.21. The molecular weight excluding hydrogens is 246 g/mol. The second-order valence-corrected chi connectivity index (χ2v) is 5.71. The Morgan fingerprint density at radius 3 is 2.89 bits per heavy atom. The quantitative estimate of drug-likeness (QED) is 0.883. The van der Waals surface area contributed by atoms with Crippen molar-refractivity contribution in [3.8, 4) is 0 Å². The molecule has 0 aromatic carbocycles. The van der Waals surface area contributed by atoms with Crippen LogP contribution in [0.1, 0.15) is 37.8 Å². The molecule has 0 bridgehead atoms. The molecule has 2 rings (SSSR count). The molecular formula is C13H21N3O3. The maximum absolute atomic E-state index is 12.0. The van der Waals surface area contributed by atoms with E-state index in [1.165, 1.54) is 0 Å². The minimum Gasteiger partial charge on any atom is -0.444 e. The van der Waals surface area contributed by atoms with Gasteiger partial charge in [0.2, 0.25) is 0 Å². The molecule has 6 heteroatoms. The van der Waals surface area contributed by atoms with E-state index >= 15 is 0 Å². The van der Waals surface area contributed by atoms with Gasteiger partial charge < -0.3 is 19.5 Å². The third-order valence-electron chi connectivity index (χ3n) is 2.91. The molecule has 1 aliphatic rings. The Morgan fingerprint density at radius 1 is 1.53 bits per heavy atom. The van der Waals surface area contributed by atoms with Crippen LogP contribution < -0.4 is 5.32 Å². The molecule has 1 aliphatic heterocycles. The van der Waals surface area contributed by atoms with Crippen LogP contribution in [0.3, 0.4) is 0 Å². The maximum Gasteiger partial charge on any atom is 0.410 e. The third-order valence-corrected chi connectivity index (χ3v) is 2.91. The summed E-state index contributed by atoms with van der Waals surface area (Å²) in [6.07, 6.45) is 0.464. The van der Waals surface area contributed by atoms with Gasteiger partial charge in [-0.1, -0.05) is 5.16 Å². The van der Waals surface area contributed by atoms with Crippen LogP contribution in [0.2, 0.25) is 0 Å². The van der Waals surface area contributed by atoms with Crippen LogP contribution in [0.4, 0.5) is 4.79 Å². The second-order valence-electron chi connectivity index (χ2n) is 5.71. The molecule has 1 aromatic heterocycles. The molecule has 1 N–H and O–H groups in total. The number of hydrogen-bond donors (Lipinski definition) is 1. The van der Waals surface area contributed by atoms with Crippen LogP contribution in [0.25, 0.3) is 0 Å². The van der Waals surface area contributed by atoms with Crippen LogP contribution in [0, 0.1) is 0 Å². The molecule has 2 heterocycles. The number of rotatable bonds is 2. The summed E-state index contributed by atoms with van der Waals surface area (Å²) in [4.78, 5) is 13.7. The molecule has 0 atom stereocenters. The van der Waals surface area contributed by atoms with Crippen molar-refractivity contribution in [2.45, 2.75) is 45.9 Å². The summed E-state index contributed by atoms with van der Waals surface area (Å²) in [5.41, 5.74) is 1.48. The van der Waals surface area contributed by atoms with Gasteiger partial charge in [0, 0.05) is 12.1 Å². The number of ether oxygens (including phenoxy) is 1.